The van der Waals surface area contributed by atoms with Crippen LogP contribution in [0.5, 0.6) is 5.88 Å². The molecule has 5 nitrogen and oxygen atoms in total. The lowest BCUT2D eigenvalue weighted by molar-refractivity contribution is 0.196. The summed E-state index contributed by atoms with van der Waals surface area (Å²) in [6.45, 7) is 4.28. The molecule has 0 saturated carbocycles. The zero-order valence-electron chi connectivity index (χ0n) is 8.40. The van der Waals surface area contributed by atoms with Crippen LogP contribution in [-0.4, -0.2) is 34.3 Å². The van der Waals surface area contributed by atoms with Crippen molar-refractivity contribution < 1.29 is 9.84 Å². The summed E-state index contributed by atoms with van der Waals surface area (Å²) < 4.78 is 5.14. The molecule has 0 saturated heterocycles. The molecule has 1 heterocycles. The third-order valence-electron chi connectivity index (χ3n) is 1.42. The third-order valence-corrected chi connectivity index (χ3v) is 1.42. The van der Waals surface area contributed by atoms with E-state index in [0.717, 1.165) is 5.82 Å². The number of aromatic nitrogens is 2. The number of hydrogen-bond acceptors (Lipinski definition) is 5. The number of aliphatic hydroxyl groups excluding tert-OH is 1. The van der Waals surface area contributed by atoms with Gasteiger partial charge in [-0.1, -0.05) is 0 Å². The number of rotatable bonds is 5. The van der Waals surface area contributed by atoms with Crippen LogP contribution in [0, 0.1) is 0 Å². The second-order valence-corrected chi connectivity index (χ2v) is 3.11. The molecule has 0 aliphatic carbocycles. The van der Waals surface area contributed by atoms with Crippen LogP contribution in [0.2, 0.25) is 0 Å². The average molecular weight is 197 g/mol. The fraction of sp³-hybridized carbons (Fsp3) is 0.556. The number of aliphatic hydroxyl groups is 1. The molecule has 1 rings (SSSR count). The van der Waals surface area contributed by atoms with Gasteiger partial charge in [-0.05, 0) is 13.8 Å². The smallest absolute Gasteiger partial charge is 0.218 e. The number of nitrogens with zero attached hydrogens (tertiary/aromatic N) is 2. The Bertz CT molecular complexity index is 279. The quantitative estimate of drug-likeness (QED) is 0.726. The predicted octanol–water partition coefficient (Wildman–Crippen LogP) is 0.668. The lowest BCUT2D eigenvalue weighted by atomic mass is 10.4. The van der Waals surface area contributed by atoms with Crippen molar-refractivity contribution in [3.05, 3.63) is 12.4 Å². The zero-order chi connectivity index (χ0) is 10.4. The maximum Gasteiger partial charge on any atom is 0.218 e. The first kappa shape index (κ1) is 10.7. The fourth-order valence-corrected chi connectivity index (χ4v) is 0.943. The topological polar surface area (TPSA) is 67.3 Å². The molecular weight excluding hydrogens is 182 g/mol. The van der Waals surface area contributed by atoms with Gasteiger partial charge in [0.1, 0.15) is 18.8 Å². The van der Waals surface area contributed by atoms with Gasteiger partial charge in [-0.25, -0.2) is 9.97 Å². The molecule has 0 bridgehead atoms. The number of ether oxygens (including phenoxy) is 1. The van der Waals surface area contributed by atoms with Crippen LogP contribution in [0.25, 0.3) is 0 Å². The maximum atomic E-state index is 8.56. The van der Waals surface area contributed by atoms with Crippen LogP contribution >= 0.6 is 0 Å². The summed E-state index contributed by atoms with van der Waals surface area (Å²) in [5, 5.41) is 11.7. The SMILES string of the molecule is CC(C)Nc1cc(OCCO)ncn1. The van der Waals surface area contributed by atoms with Gasteiger partial charge in [0.25, 0.3) is 0 Å². The Morgan fingerprint density at radius 2 is 2.29 bits per heavy atom. The summed E-state index contributed by atoms with van der Waals surface area (Å²) in [5.41, 5.74) is 0. The summed E-state index contributed by atoms with van der Waals surface area (Å²) in [5.74, 6) is 1.19. The van der Waals surface area contributed by atoms with Gasteiger partial charge >= 0.3 is 0 Å². The highest BCUT2D eigenvalue weighted by Gasteiger charge is 2.00. The van der Waals surface area contributed by atoms with Gasteiger partial charge < -0.3 is 15.2 Å². The number of nitrogens with one attached hydrogen (secondary N) is 1. The molecule has 78 valence electrons. The first-order valence-electron chi connectivity index (χ1n) is 4.54. The standard InChI is InChI=1S/C9H15N3O2/c1-7(2)12-8-5-9(11-6-10-8)14-4-3-13/h5-7,13H,3-4H2,1-2H3,(H,10,11,12). The summed E-state index contributed by atoms with van der Waals surface area (Å²) in [6, 6.07) is 2.02. The summed E-state index contributed by atoms with van der Waals surface area (Å²) in [4.78, 5) is 7.92. The van der Waals surface area contributed by atoms with E-state index in [1.807, 2.05) is 13.8 Å². The molecule has 0 amide bonds. The Morgan fingerprint density at radius 3 is 2.93 bits per heavy atom. The molecule has 0 aliphatic rings. The molecule has 0 unspecified atom stereocenters. The van der Waals surface area contributed by atoms with Crippen molar-refractivity contribution in [2.24, 2.45) is 0 Å². The predicted molar refractivity (Wildman–Crippen MR) is 53.4 cm³/mol. The minimum atomic E-state index is -0.0169. The Morgan fingerprint density at radius 1 is 1.50 bits per heavy atom. The minimum Gasteiger partial charge on any atom is -0.475 e. The molecule has 1 aromatic heterocycles. The van der Waals surface area contributed by atoms with Crippen molar-refractivity contribution in [2.45, 2.75) is 19.9 Å². The van der Waals surface area contributed by atoms with E-state index in [9.17, 15) is 0 Å². The second kappa shape index (κ2) is 5.39. The molecule has 2 N–H and O–H groups in total. The largest absolute Gasteiger partial charge is 0.475 e. The molecule has 0 radical (unpaired) electrons. The van der Waals surface area contributed by atoms with E-state index in [2.05, 4.69) is 15.3 Å². The molecule has 0 fully saturated rings. The maximum absolute atomic E-state index is 8.56. The normalized spacial score (nSPS) is 10.3. The van der Waals surface area contributed by atoms with Crippen LogP contribution in [0.15, 0.2) is 12.4 Å². The first-order valence-corrected chi connectivity index (χ1v) is 4.54. The fourth-order valence-electron chi connectivity index (χ4n) is 0.943. The van der Waals surface area contributed by atoms with E-state index in [1.165, 1.54) is 6.33 Å². The molecule has 1 aromatic rings. The highest BCUT2D eigenvalue weighted by molar-refractivity contribution is 5.37. The molecular formula is C9H15N3O2. The molecule has 5 heteroatoms. The van der Waals surface area contributed by atoms with Gasteiger partial charge in [-0.2, -0.15) is 0 Å². The molecule has 0 spiro atoms. The van der Waals surface area contributed by atoms with Crippen molar-refractivity contribution >= 4 is 5.82 Å². The van der Waals surface area contributed by atoms with E-state index in [0.29, 0.717) is 11.9 Å². The number of hydrogen-bond donors (Lipinski definition) is 2. The van der Waals surface area contributed by atoms with Gasteiger partial charge in [0.05, 0.1) is 6.61 Å². The molecule has 0 aliphatic heterocycles. The summed E-state index contributed by atoms with van der Waals surface area (Å²) in [7, 11) is 0. The van der Waals surface area contributed by atoms with Crippen LogP contribution in [0.1, 0.15) is 13.8 Å². The lowest BCUT2D eigenvalue weighted by Crippen LogP contribution is -2.11. The highest BCUT2D eigenvalue weighted by atomic mass is 16.5. The highest BCUT2D eigenvalue weighted by Crippen LogP contribution is 2.11. The van der Waals surface area contributed by atoms with Crippen LogP contribution < -0.4 is 10.1 Å². The monoisotopic (exact) mass is 197 g/mol. The van der Waals surface area contributed by atoms with Crippen molar-refractivity contribution in [1.82, 2.24) is 9.97 Å². The van der Waals surface area contributed by atoms with Crippen LogP contribution in [-0.2, 0) is 0 Å². The van der Waals surface area contributed by atoms with E-state index in [4.69, 9.17) is 9.84 Å². The second-order valence-electron chi connectivity index (χ2n) is 3.11. The van der Waals surface area contributed by atoms with Gasteiger partial charge in [0.2, 0.25) is 5.88 Å². The Balaban J connectivity index is 2.59. The van der Waals surface area contributed by atoms with Gasteiger partial charge in [0.15, 0.2) is 0 Å². The Hall–Kier alpha value is -1.36. The zero-order valence-corrected chi connectivity index (χ0v) is 8.40. The van der Waals surface area contributed by atoms with E-state index < -0.39 is 0 Å². The van der Waals surface area contributed by atoms with Crippen LogP contribution in [0.3, 0.4) is 0 Å². The third kappa shape index (κ3) is 3.57. The van der Waals surface area contributed by atoms with Gasteiger partial charge in [0, 0.05) is 12.1 Å². The molecule has 0 aromatic carbocycles. The number of anilines is 1. The minimum absolute atomic E-state index is 0.0169. The Labute approximate surface area is 83.2 Å². The first-order chi connectivity index (χ1) is 6.72. The Kier molecular flexibility index (Phi) is 4.12. The van der Waals surface area contributed by atoms with Crippen molar-refractivity contribution in [3.63, 3.8) is 0 Å². The van der Waals surface area contributed by atoms with Crippen molar-refractivity contribution in [3.8, 4) is 5.88 Å². The average Bonchev–Trinajstić information content (AvgIpc) is 2.14. The van der Waals surface area contributed by atoms with Gasteiger partial charge in [-0.15, -0.1) is 0 Å². The van der Waals surface area contributed by atoms with Crippen molar-refractivity contribution in [1.29, 1.82) is 0 Å². The summed E-state index contributed by atoms with van der Waals surface area (Å²) in [6.07, 6.45) is 1.43. The summed E-state index contributed by atoms with van der Waals surface area (Å²) >= 11 is 0. The van der Waals surface area contributed by atoms with Crippen molar-refractivity contribution in [2.75, 3.05) is 18.5 Å². The van der Waals surface area contributed by atoms with E-state index in [1.54, 1.807) is 6.07 Å². The van der Waals surface area contributed by atoms with Crippen LogP contribution in [0.4, 0.5) is 5.82 Å². The molecule has 0 atom stereocenters. The lowest BCUT2D eigenvalue weighted by Gasteiger charge is -2.09. The van der Waals surface area contributed by atoms with Gasteiger partial charge in [-0.3, -0.25) is 0 Å². The van der Waals surface area contributed by atoms with E-state index in [-0.39, 0.29) is 13.2 Å². The molecule has 14 heavy (non-hydrogen) atoms. The van der Waals surface area contributed by atoms with E-state index >= 15 is 0 Å².